The molecular formula is C32H32O2. The average Bonchev–Trinajstić information content (AvgIpc) is 2.89. The lowest BCUT2D eigenvalue weighted by Gasteiger charge is -2.12. The first-order chi connectivity index (χ1) is 16.4. The van der Waals surface area contributed by atoms with Gasteiger partial charge in [0.1, 0.15) is 0 Å². The normalized spacial score (nSPS) is 12.1. The molecule has 0 fully saturated rings. The van der Waals surface area contributed by atoms with E-state index in [9.17, 15) is 9.59 Å². The molecule has 2 atom stereocenters. The molecule has 0 heterocycles. The molecule has 0 radical (unpaired) electrons. The van der Waals surface area contributed by atoms with E-state index >= 15 is 0 Å². The third-order valence-electron chi connectivity index (χ3n) is 6.21. The van der Waals surface area contributed by atoms with Gasteiger partial charge in [0.2, 0.25) is 0 Å². The Morgan fingerprint density at radius 2 is 0.765 bits per heavy atom. The predicted octanol–water partition coefficient (Wildman–Crippen LogP) is 7.96. The predicted molar refractivity (Wildman–Crippen MR) is 141 cm³/mol. The van der Waals surface area contributed by atoms with Gasteiger partial charge >= 0.3 is 0 Å². The molecule has 0 saturated heterocycles. The van der Waals surface area contributed by atoms with Gasteiger partial charge in [-0.1, -0.05) is 123 Å². The van der Waals surface area contributed by atoms with Gasteiger partial charge in [-0.3, -0.25) is 9.59 Å². The largest absolute Gasteiger partial charge is 0.293 e. The molecule has 0 aliphatic rings. The van der Waals surface area contributed by atoms with Gasteiger partial charge in [-0.25, -0.2) is 0 Å². The summed E-state index contributed by atoms with van der Waals surface area (Å²) in [7, 11) is 0. The van der Waals surface area contributed by atoms with E-state index in [1.54, 1.807) is 0 Å². The Morgan fingerprint density at radius 3 is 1.09 bits per heavy atom. The molecule has 4 rings (SSSR count). The third-order valence-corrected chi connectivity index (χ3v) is 6.21. The first kappa shape index (κ1) is 24.9. The van der Waals surface area contributed by atoms with Crippen molar-refractivity contribution in [3.63, 3.8) is 0 Å². The fourth-order valence-corrected chi connectivity index (χ4v) is 3.95. The Bertz CT molecular complexity index is 1130. The summed E-state index contributed by atoms with van der Waals surface area (Å²) in [6, 6.07) is 35.3. The molecule has 2 heteroatoms. The highest BCUT2D eigenvalue weighted by Crippen LogP contribution is 2.23. The van der Waals surface area contributed by atoms with Crippen molar-refractivity contribution in [3.05, 3.63) is 143 Å². The van der Waals surface area contributed by atoms with Gasteiger partial charge in [0.15, 0.2) is 11.6 Å². The van der Waals surface area contributed by atoms with Gasteiger partial charge in [0.25, 0.3) is 0 Å². The summed E-state index contributed by atoms with van der Waals surface area (Å²) in [5.74, 6) is 0.207. The molecule has 34 heavy (non-hydrogen) atoms. The Balaban J connectivity index is 0.000000191. The third kappa shape index (κ3) is 6.17. The minimum absolute atomic E-state index is 0.0858. The van der Waals surface area contributed by atoms with Gasteiger partial charge in [-0.2, -0.15) is 0 Å². The highest BCUT2D eigenvalue weighted by Gasteiger charge is 2.19. The molecule has 2 unspecified atom stereocenters. The Morgan fingerprint density at radius 1 is 0.471 bits per heavy atom. The van der Waals surface area contributed by atoms with Gasteiger partial charge in [0, 0.05) is 23.0 Å². The zero-order valence-corrected chi connectivity index (χ0v) is 20.4. The highest BCUT2D eigenvalue weighted by molar-refractivity contribution is 6.02. The van der Waals surface area contributed by atoms with Crippen LogP contribution in [0.3, 0.4) is 0 Å². The van der Waals surface area contributed by atoms with Crippen molar-refractivity contribution < 1.29 is 9.59 Å². The number of hydrogen-bond acceptors (Lipinski definition) is 2. The molecule has 0 N–H and O–H groups in total. The number of carbonyl (C=O) groups is 2. The summed E-state index contributed by atoms with van der Waals surface area (Å²) < 4.78 is 0. The van der Waals surface area contributed by atoms with Crippen molar-refractivity contribution in [1.82, 2.24) is 0 Å². The second-order valence-electron chi connectivity index (χ2n) is 8.62. The molecule has 0 amide bonds. The molecule has 0 aromatic heterocycles. The van der Waals surface area contributed by atoms with E-state index in [0.717, 1.165) is 33.4 Å². The smallest absolute Gasteiger partial charge is 0.170 e. The molecule has 2 nitrogen and oxygen atoms in total. The van der Waals surface area contributed by atoms with Gasteiger partial charge < -0.3 is 0 Å². The van der Waals surface area contributed by atoms with Crippen LogP contribution in [0.25, 0.3) is 0 Å². The Kier molecular flexibility index (Phi) is 8.70. The standard InChI is InChI=1S/2C16H16O/c2*1-12-8-6-7-11-15(12)16(17)13(2)14-9-4-3-5-10-14/h2*3-11,13H,1-2H3. The Labute approximate surface area is 203 Å². The van der Waals surface area contributed by atoms with Crippen LogP contribution >= 0.6 is 0 Å². The molecule has 4 aromatic carbocycles. The van der Waals surface area contributed by atoms with Crippen LogP contribution in [0.1, 0.15) is 68.7 Å². The van der Waals surface area contributed by atoms with Crippen LogP contribution in [0, 0.1) is 13.8 Å². The number of hydrogen-bond donors (Lipinski definition) is 0. The first-order valence-electron chi connectivity index (χ1n) is 11.7. The van der Waals surface area contributed by atoms with Crippen molar-refractivity contribution in [2.75, 3.05) is 0 Å². The number of Topliss-reactive ketones (excluding diaryl/α,β-unsaturated/α-hetero) is 2. The lowest BCUT2D eigenvalue weighted by Crippen LogP contribution is -2.10. The van der Waals surface area contributed by atoms with Crippen molar-refractivity contribution in [2.24, 2.45) is 0 Å². The molecule has 0 saturated carbocycles. The minimum Gasteiger partial charge on any atom is -0.293 e. The van der Waals surface area contributed by atoms with Crippen molar-refractivity contribution in [3.8, 4) is 0 Å². The van der Waals surface area contributed by atoms with Crippen LogP contribution in [-0.2, 0) is 0 Å². The van der Waals surface area contributed by atoms with Crippen molar-refractivity contribution in [2.45, 2.75) is 39.5 Å². The van der Waals surface area contributed by atoms with Crippen LogP contribution in [0.5, 0.6) is 0 Å². The number of aryl methyl sites for hydroxylation is 2. The van der Waals surface area contributed by atoms with Gasteiger partial charge in [0.05, 0.1) is 0 Å². The summed E-state index contributed by atoms with van der Waals surface area (Å²) in [5, 5.41) is 0. The molecular weight excluding hydrogens is 416 g/mol. The monoisotopic (exact) mass is 448 g/mol. The highest BCUT2D eigenvalue weighted by atomic mass is 16.1. The minimum atomic E-state index is -0.0858. The number of ketones is 2. The second kappa shape index (κ2) is 11.9. The van der Waals surface area contributed by atoms with E-state index in [4.69, 9.17) is 0 Å². The van der Waals surface area contributed by atoms with Crippen molar-refractivity contribution in [1.29, 1.82) is 0 Å². The van der Waals surface area contributed by atoms with Crippen molar-refractivity contribution >= 4 is 11.6 Å². The summed E-state index contributed by atoms with van der Waals surface area (Å²) in [5.41, 5.74) is 5.87. The summed E-state index contributed by atoms with van der Waals surface area (Å²) in [6.07, 6.45) is 0. The lowest BCUT2D eigenvalue weighted by molar-refractivity contribution is 0.0958. The maximum Gasteiger partial charge on any atom is 0.170 e. The lowest BCUT2D eigenvalue weighted by atomic mass is 9.90. The van der Waals surface area contributed by atoms with Crippen LogP contribution in [-0.4, -0.2) is 11.6 Å². The summed E-state index contributed by atoms with van der Waals surface area (Å²) in [6.45, 7) is 7.88. The zero-order valence-electron chi connectivity index (χ0n) is 20.4. The molecule has 0 aliphatic heterocycles. The van der Waals surface area contributed by atoms with E-state index < -0.39 is 0 Å². The maximum absolute atomic E-state index is 12.4. The van der Waals surface area contributed by atoms with Gasteiger partial charge in [-0.05, 0) is 36.1 Å². The number of benzene rings is 4. The Hall–Kier alpha value is -3.78. The fraction of sp³-hybridized carbons (Fsp3) is 0.188. The molecule has 4 aromatic rings. The number of rotatable bonds is 6. The summed E-state index contributed by atoms with van der Waals surface area (Å²) in [4.78, 5) is 24.7. The topological polar surface area (TPSA) is 34.1 Å². The molecule has 0 aliphatic carbocycles. The van der Waals surface area contributed by atoms with Crippen LogP contribution in [0.2, 0.25) is 0 Å². The molecule has 172 valence electrons. The van der Waals surface area contributed by atoms with Crippen LogP contribution in [0.4, 0.5) is 0 Å². The zero-order chi connectivity index (χ0) is 24.5. The van der Waals surface area contributed by atoms with E-state index in [1.807, 2.05) is 137 Å². The van der Waals surface area contributed by atoms with Crippen LogP contribution < -0.4 is 0 Å². The maximum atomic E-state index is 12.4. The average molecular weight is 449 g/mol. The second-order valence-corrected chi connectivity index (χ2v) is 8.62. The fourth-order valence-electron chi connectivity index (χ4n) is 3.95. The van der Waals surface area contributed by atoms with E-state index in [0.29, 0.717) is 0 Å². The van der Waals surface area contributed by atoms with Gasteiger partial charge in [-0.15, -0.1) is 0 Å². The SMILES string of the molecule is Cc1ccccc1C(=O)C(C)c1ccccc1.Cc1ccccc1C(=O)C(C)c1ccccc1. The summed E-state index contributed by atoms with van der Waals surface area (Å²) >= 11 is 0. The molecule has 0 bridgehead atoms. The van der Waals surface area contributed by atoms with E-state index in [-0.39, 0.29) is 23.4 Å². The van der Waals surface area contributed by atoms with E-state index in [2.05, 4.69) is 0 Å². The number of carbonyl (C=O) groups excluding carboxylic acids is 2. The molecule has 0 spiro atoms. The van der Waals surface area contributed by atoms with Crippen LogP contribution in [0.15, 0.2) is 109 Å². The van der Waals surface area contributed by atoms with E-state index in [1.165, 1.54) is 0 Å². The quantitative estimate of drug-likeness (QED) is 0.280. The first-order valence-corrected chi connectivity index (χ1v) is 11.7.